The van der Waals surface area contributed by atoms with Gasteiger partial charge in [-0.25, -0.2) is 9.97 Å². The lowest BCUT2D eigenvalue weighted by Crippen LogP contribution is -2.28. The summed E-state index contributed by atoms with van der Waals surface area (Å²) in [7, 11) is 1.77. The van der Waals surface area contributed by atoms with Crippen LogP contribution in [0.3, 0.4) is 0 Å². The van der Waals surface area contributed by atoms with E-state index in [2.05, 4.69) is 20.6 Å². The lowest BCUT2D eigenvalue weighted by molar-refractivity contribution is 0.0930. The third-order valence-corrected chi connectivity index (χ3v) is 3.59. The maximum absolute atomic E-state index is 12.2. The van der Waals surface area contributed by atoms with Gasteiger partial charge >= 0.3 is 0 Å². The first-order chi connectivity index (χ1) is 9.24. The van der Waals surface area contributed by atoms with Gasteiger partial charge in [0.15, 0.2) is 0 Å². The van der Waals surface area contributed by atoms with E-state index in [0.29, 0.717) is 11.5 Å². The van der Waals surface area contributed by atoms with E-state index in [1.807, 2.05) is 18.4 Å². The van der Waals surface area contributed by atoms with Crippen molar-refractivity contribution >= 4 is 23.1 Å². The molecule has 0 saturated carbocycles. The highest BCUT2D eigenvalue weighted by atomic mass is 32.1. The Morgan fingerprint density at radius 3 is 2.95 bits per heavy atom. The summed E-state index contributed by atoms with van der Waals surface area (Å²) in [5, 5.41) is 8.70. The van der Waals surface area contributed by atoms with Crippen LogP contribution in [-0.2, 0) is 0 Å². The first kappa shape index (κ1) is 13.5. The van der Waals surface area contributed by atoms with Crippen molar-refractivity contribution in [3.05, 3.63) is 40.5 Å². The highest BCUT2D eigenvalue weighted by Crippen LogP contribution is 2.19. The molecular weight excluding hydrogens is 260 g/mol. The second kappa shape index (κ2) is 6.29. The third kappa shape index (κ3) is 3.29. The van der Waals surface area contributed by atoms with Gasteiger partial charge in [-0.15, -0.1) is 11.3 Å². The summed E-state index contributed by atoms with van der Waals surface area (Å²) in [6, 6.07) is 5.25. The van der Waals surface area contributed by atoms with E-state index in [1.165, 1.54) is 0 Å². The number of carbonyl (C=O) groups excluding carboxylic acids is 1. The number of hydrogen-bond donors (Lipinski definition) is 2. The van der Waals surface area contributed by atoms with Gasteiger partial charge in [0, 0.05) is 18.6 Å². The molecule has 19 heavy (non-hydrogen) atoms. The predicted molar refractivity (Wildman–Crippen MR) is 76.4 cm³/mol. The van der Waals surface area contributed by atoms with Crippen molar-refractivity contribution in [2.75, 3.05) is 12.4 Å². The fourth-order valence-electron chi connectivity index (χ4n) is 1.68. The number of pyridine rings is 1. The molecule has 5 nitrogen and oxygen atoms in total. The summed E-state index contributed by atoms with van der Waals surface area (Å²) in [6.07, 6.45) is 2.54. The van der Waals surface area contributed by atoms with Gasteiger partial charge in [-0.05, 0) is 18.6 Å². The van der Waals surface area contributed by atoms with Crippen LogP contribution < -0.4 is 10.6 Å². The van der Waals surface area contributed by atoms with Crippen molar-refractivity contribution in [1.82, 2.24) is 15.3 Å². The van der Waals surface area contributed by atoms with Crippen molar-refractivity contribution in [3.8, 4) is 0 Å². The van der Waals surface area contributed by atoms with Crippen molar-refractivity contribution in [2.24, 2.45) is 0 Å². The average Bonchev–Trinajstić information content (AvgIpc) is 2.98. The standard InChI is InChI=1S/C13H16N4OS/c1-3-9(13-15-7-8-19-13)17-12(18)10-5-4-6-11(14-2)16-10/h4-9H,3H2,1-2H3,(H,14,16)(H,17,18). The van der Waals surface area contributed by atoms with Gasteiger partial charge in [-0.1, -0.05) is 13.0 Å². The maximum atomic E-state index is 12.2. The molecule has 2 aromatic rings. The topological polar surface area (TPSA) is 66.9 Å². The number of carbonyl (C=O) groups is 1. The molecule has 1 unspecified atom stereocenters. The number of amides is 1. The molecule has 0 aliphatic rings. The molecule has 0 bridgehead atoms. The zero-order valence-corrected chi connectivity index (χ0v) is 11.7. The Kier molecular flexibility index (Phi) is 4.46. The van der Waals surface area contributed by atoms with E-state index < -0.39 is 0 Å². The van der Waals surface area contributed by atoms with E-state index in [-0.39, 0.29) is 11.9 Å². The van der Waals surface area contributed by atoms with Gasteiger partial charge in [0.1, 0.15) is 16.5 Å². The lowest BCUT2D eigenvalue weighted by Gasteiger charge is -2.14. The first-order valence-electron chi connectivity index (χ1n) is 6.09. The summed E-state index contributed by atoms with van der Waals surface area (Å²) in [4.78, 5) is 20.6. The fraction of sp³-hybridized carbons (Fsp3) is 0.308. The number of aromatic nitrogens is 2. The fourth-order valence-corrected chi connectivity index (χ4v) is 2.45. The monoisotopic (exact) mass is 276 g/mol. The molecule has 0 aliphatic carbocycles. The van der Waals surface area contributed by atoms with Gasteiger partial charge in [-0.2, -0.15) is 0 Å². The molecule has 100 valence electrons. The maximum Gasteiger partial charge on any atom is 0.270 e. The summed E-state index contributed by atoms with van der Waals surface area (Å²) < 4.78 is 0. The first-order valence-corrected chi connectivity index (χ1v) is 6.97. The lowest BCUT2D eigenvalue weighted by atomic mass is 10.2. The molecule has 0 saturated heterocycles. The summed E-state index contributed by atoms with van der Waals surface area (Å²) in [6.45, 7) is 2.02. The van der Waals surface area contributed by atoms with E-state index in [4.69, 9.17) is 0 Å². The predicted octanol–water partition coefficient (Wildman–Crippen LogP) is 2.46. The van der Waals surface area contributed by atoms with E-state index in [1.54, 1.807) is 36.7 Å². The minimum atomic E-state index is -0.181. The molecule has 0 aromatic carbocycles. The Hall–Kier alpha value is -1.95. The molecule has 0 fully saturated rings. The van der Waals surface area contributed by atoms with Crippen molar-refractivity contribution in [1.29, 1.82) is 0 Å². The zero-order chi connectivity index (χ0) is 13.7. The number of rotatable bonds is 5. The second-order valence-electron chi connectivity index (χ2n) is 3.96. The number of hydrogen-bond acceptors (Lipinski definition) is 5. The number of nitrogens with zero attached hydrogens (tertiary/aromatic N) is 2. The molecule has 1 atom stereocenters. The smallest absolute Gasteiger partial charge is 0.270 e. The Bertz CT molecular complexity index is 541. The normalized spacial score (nSPS) is 11.9. The minimum Gasteiger partial charge on any atom is -0.373 e. The van der Waals surface area contributed by atoms with E-state index >= 15 is 0 Å². The van der Waals surface area contributed by atoms with Gasteiger partial charge < -0.3 is 10.6 Å². The Morgan fingerprint density at radius 2 is 2.32 bits per heavy atom. The molecule has 0 spiro atoms. The van der Waals surface area contributed by atoms with Crippen LogP contribution >= 0.6 is 11.3 Å². The van der Waals surface area contributed by atoms with Gasteiger partial charge in [0.05, 0.1) is 6.04 Å². The Labute approximate surface area is 116 Å². The van der Waals surface area contributed by atoms with E-state index in [0.717, 1.165) is 11.4 Å². The Morgan fingerprint density at radius 1 is 1.47 bits per heavy atom. The molecule has 6 heteroatoms. The van der Waals surface area contributed by atoms with E-state index in [9.17, 15) is 4.79 Å². The summed E-state index contributed by atoms with van der Waals surface area (Å²) >= 11 is 1.54. The van der Waals surface area contributed by atoms with Crippen LogP contribution in [0.1, 0.15) is 34.9 Å². The van der Waals surface area contributed by atoms with Crippen LogP contribution in [0.2, 0.25) is 0 Å². The molecule has 2 aromatic heterocycles. The number of anilines is 1. The molecule has 0 radical (unpaired) electrons. The summed E-state index contributed by atoms with van der Waals surface area (Å²) in [5.74, 6) is 0.495. The SMILES string of the molecule is CCC(NC(=O)c1cccc(NC)n1)c1nccs1. The molecule has 0 aliphatic heterocycles. The quantitative estimate of drug-likeness (QED) is 0.880. The van der Waals surface area contributed by atoms with Crippen LogP contribution in [0, 0.1) is 0 Å². The van der Waals surface area contributed by atoms with Crippen LogP contribution in [0.4, 0.5) is 5.82 Å². The highest BCUT2D eigenvalue weighted by Gasteiger charge is 2.16. The van der Waals surface area contributed by atoms with Crippen LogP contribution in [0.5, 0.6) is 0 Å². The van der Waals surface area contributed by atoms with Gasteiger partial charge in [0.25, 0.3) is 5.91 Å². The molecular formula is C13H16N4OS. The molecule has 1 amide bonds. The number of thiazole rings is 1. The second-order valence-corrected chi connectivity index (χ2v) is 4.89. The van der Waals surface area contributed by atoms with Gasteiger partial charge in [0.2, 0.25) is 0 Å². The summed E-state index contributed by atoms with van der Waals surface area (Å²) in [5.41, 5.74) is 0.404. The minimum absolute atomic E-state index is 0.0625. The van der Waals surface area contributed by atoms with Crippen LogP contribution in [0.25, 0.3) is 0 Å². The molecule has 2 N–H and O–H groups in total. The van der Waals surface area contributed by atoms with Crippen LogP contribution in [0.15, 0.2) is 29.8 Å². The molecule has 2 heterocycles. The largest absolute Gasteiger partial charge is 0.373 e. The van der Waals surface area contributed by atoms with Crippen LogP contribution in [-0.4, -0.2) is 22.9 Å². The van der Waals surface area contributed by atoms with Gasteiger partial charge in [-0.3, -0.25) is 4.79 Å². The highest BCUT2D eigenvalue weighted by molar-refractivity contribution is 7.09. The van der Waals surface area contributed by atoms with Crippen molar-refractivity contribution in [3.63, 3.8) is 0 Å². The molecule has 2 rings (SSSR count). The van der Waals surface area contributed by atoms with Crippen molar-refractivity contribution in [2.45, 2.75) is 19.4 Å². The Balaban J connectivity index is 2.11. The third-order valence-electron chi connectivity index (χ3n) is 2.70. The number of nitrogens with one attached hydrogen (secondary N) is 2. The zero-order valence-electron chi connectivity index (χ0n) is 10.9. The average molecular weight is 276 g/mol. The van der Waals surface area contributed by atoms with Crippen molar-refractivity contribution < 1.29 is 4.79 Å².